The maximum atomic E-state index is 12.6. The zero-order chi connectivity index (χ0) is 16.9. The summed E-state index contributed by atoms with van der Waals surface area (Å²) in [7, 11) is 1.18. The minimum atomic E-state index is -4.50. The Morgan fingerprint density at radius 1 is 1.23 bits per heavy atom. The highest BCUT2D eigenvalue weighted by atomic mass is 19.4. The summed E-state index contributed by atoms with van der Waals surface area (Å²) in [6.07, 6.45) is -4.50. The largest absolute Gasteiger partial charge is 0.467 e. The summed E-state index contributed by atoms with van der Waals surface area (Å²) in [6.45, 7) is 3.40. The Kier molecular flexibility index (Phi) is 5.78. The number of rotatable bonds is 4. The fourth-order valence-corrected chi connectivity index (χ4v) is 1.71. The Bertz CT molecular complexity index is 544. The number of alkyl halides is 3. The molecule has 0 fully saturated rings. The molecule has 0 aliphatic rings. The van der Waals surface area contributed by atoms with Crippen LogP contribution in [0, 0.1) is 5.92 Å². The van der Waals surface area contributed by atoms with E-state index in [0.29, 0.717) is 0 Å². The number of carbonyl (C=O) groups excluding carboxylic acids is 2. The highest BCUT2D eigenvalue weighted by molar-refractivity contribution is 5.92. The van der Waals surface area contributed by atoms with Crippen molar-refractivity contribution in [2.75, 3.05) is 12.4 Å². The standard InChI is InChI=1S/C14H17F3N2O3/c1-8(2)11(12(20)22-3)19-13(21)18-10-6-4-5-9(7-10)14(15,16)17/h4-8,11H,1-3H3,(H2,18,19,21). The fourth-order valence-electron chi connectivity index (χ4n) is 1.71. The first kappa shape index (κ1) is 17.8. The van der Waals surface area contributed by atoms with Crippen molar-refractivity contribution in [1.29, 1.82) is 0 Å². The van der Waals surface area contributed by atoms with Gasteiger partial charge in [0.05, 0.1) is 12.7 Å². The van der Waals surface area contributed by atoms with Crippen LogP contribution in [-0.2, 0) is 15.7 Å². The van der Waals surface area contributed by atoms with Gasteiger partial charge < -0.3 is 15.4 Å². The summed E-state index contributed by atoms with van der Waals surface area (Å²) in [5.41, 5.74) is -0.904. The van der Waals surface area contributed by atoms with Crippen molar-refractivity contribution in [1.82, 2.24) is 5.32 Å². The van der Waals surface area contributed by atoms with Crippen molar-refractivity contribution in [3.63, 3.8) is 0 Å². The molecule has 0 spiro atoms. The second-order valence-electron chi connectivity index (χ2n) is 4.92. The molecule has 0 saturated heterocycles. The van der Waals surface area contributed by atoms with Gasteiger partial charge in [-0.2, -0.15) is 13.2 Å². The fraction of sp³-hybridized carbons (Fsp3) is 0.429. The van der Waals surface area contributed by atoms with Crippen molar-refractivity contribution >= 4 is 17.7 Å². The Balaban J connectivity index is 2.78. The van der Waals surface area contributed by atoms with Crippen LogP contribution in [0.5, 0.6) is 0 Å². The molecule has 22 heavy (non-hydrogen) atoms. The first-order chi connectivity index (χ1) is 10.1. The summed E-state index contributed by atoms with van der Waals surface area (Å²) >= 11 is 0. The normalized spacial score (nSPS) is 12.7. The predicted octanol–water partition coefficient (Wildman–Crippen LogP) is 3.02. The number of halogens is 3. The molecular formula is C14H17F3N2O3. The van der Waals surface area contributed by atoms with Crippen LogP contribution < -0.4 is 10.6 Å². The highest BCUT2D eigenvalue weighted by Crippen LogP contribution is 2.30. The van der Waals surface area contributed by atoms with Gasteiger partial charge in [0.2, 0.25) is 0 Å². The molecule has 1 rings (SSSR count). The molecule has 0 saturated carbocycles. The number of methoxy groups -OCH3 is 1. The lowest BCUT2D eigenvalue weighted by molar-refractivity contribution is -0.144. The van der Waals surface area contributed by atoms with Crippen LogP contribution in [0.15, 0.2) is 24.3 Å². The summed E-state index contributed by atoms with van der Waals surface area (Å²) in [5.74, 6) is -0.867. The van der Waals surface area contributed by atoms with Gasteiger partial charge in [-0.3, -0.25) is 0 Å². The third-order valence-corrected chi connectivity index (χ3v) is 2.86. The van der Waals surface area contributed by atoms with Crippen molar-refractivity contribution in [3.8, 4) is 0 Å². The van der Waals surface area contributed by atoms with Gasteiger partial charge in [-0.05, 0) is 24.1 Å². The van der Waals surface area contributed by atoms with Gasteiger partial charge in [0.15, 0.2) is 0 Å². The average Bonchev–Trinajstić information content (AvgIpc) is 2.43. The van der Waals surface area contributed by atoms with Crippen LogP contribution in [0.4, 0.5) is 23.7 Å². The van der Waals surface area contributed by atoms with Crippen molar-refractivity contribution < 1.29 is 27.5 Å². The molecule has 0 aliphatic heterocycles. The summed E-state index contributed by atoms with van der Waals surface area (Å²) in [5, 5.41) is 4.63. The second kappa shape index (κ2) is 7.15. The monoisotopic (exact) mass is 318 g/mol. The lowest BCUT2D eigenvalue weighted by atomic mass is 10.1. The minimum absolute atomic E-state index is 0.0281. The Morgan fingerprint density at radius 2 is 1.86 bits per heavy atom. The number of nitrogens with one attached hydrogen (secondary N) is 2. The van der Waals surface area contributed by atoms with E-state index in [1.807, 2.05) is 0 Å². The number of urea groups is 1. The molecule has 2 N–H and O–H groups in total. The van der Waals surface area contributed by atoms with Gasteiger partial charge in [-0.1, -0.05) is 19.9 Å². The van der Waals surface area contributed by atoms with E-state index in [0.717, 1.165) is 12.1 Å². The van der Waals surface area contributed by atoms with Crippen LogP contribution in [0.3, 0.4) is 0 Å². The molecule has 0 radical (unpaired) electrons. The highest BCUT2D eigenvalue weighted by Gasteiger charge is 2.30. The van der Waals surface area contributed by atoms with Crippen LogP contribution in [0.1, 0.15) is 19.4 Å². The van der Waals surface area contributed by atoms with E-state index in [-0.39, 0.29) is 11.6 Å². The van der Waals surface area contributed by atoms with E-state index < -0.39 is 29.8 Å². The molecule has 2 amide bonds. The molecule has 122 valence electrons. The van der Waals surface area contributed by atoms with E-state index in [2.05, 4.69) is 15.4 Å². The predicted molar refractivity (Wildman–Crippen MR) is 74.2 cm³/mol. The number of anilines is 1. The molecule has 5 nitrogen and oxygen atoms in total. The van der Waals surface area contributed by atoms with Gasteiger partial charge in [0.25, 0.3) is 0 Å². The van der Waals surface area contributed by atoms with E-state index in [1.165, 1.54) is 19.2 Å². The van der Waals surface area contributed by atoms with E-state index >= 15 is 0 Å². The molecule has 1 unspecified atom stereocenters. The van der Waals surface area contributed by atoms with Crippen molar-refractivity contribution in [2.24, 2.45) is 5.92 Å². The van der Waals surface area contributed by atoms with Gasteiger partial charge >= 0.3 is 18.2 Å². The quantitative estimate of drug-likeness (QED) is 0.839. The van der Waals surface area contributed by atoms with E-state index in [4.69, 9.17) is 0 Å². The lowest BCUT2D eigenvalue weighted by Crippen LogP contribution is -2.46. The number of hydrogen-bond acceptors (Lipinski definition) is 3. The van der Waals surface area contributed by atoms with Crippen LogP contribution >= 0.6 is 0 Å². The topological polar surface area (TPSA) is 67.4 Å². The number of hydrogen-bond donors (Lipinski definition) is 2. The molecule has 0 bridgehead atoms. The summed E-state index contributed by atoms with van der Waals surface area (Å²) in [6, 6.07) is 2.52. The van der Waals surface area contributed by atoms with Crippen LogP contribution in [0.25, 0.3) is 0 Å². The molecule has 0 aromatic heterocycles. The summed E-state index contributed by atoms with van der Waals surface area (Å²) in [4.78, 5) is 23.3. The van der Waals surface area contributed by atoms with E-state index in [1.54, 1.807) is 13.8 Å². The molecular weight excluding hydrogens is 301 g/mol. The zero-order valence-corrected chi connectivity index (χ0v) is 12.3. The molecule has 1 aromatic rings. The molecule has 0 aliphatic carbocycles. The molecule has 1 atom stereocenters. The first-order valence-electron chi connectivity index (χ1n) is 6.47. The Labute approximate surface area is 125 Å². The molecule has 0 heterocycles. The smallest absolute Gasteiger partial charge is 0.416 e. The average molecular weight is 318 g/mol. The molecule has 1 aromatic carbocycles. The SMILES string of the molecule is COC(=O)C(NC(=O)Nc1cccc(C(F)(F)F)c1)C(C)C. The Morgan fingerprint density at radius 3 is 2.36 bits per heavy atom. The van der Waals surface area contributed by atoms with E-state index in [9.17, 15) is 22.8 Å². The first-order valence-corrected chi connectivity index (χ1v) is 6.47. The van der Waals surface area contributed by atoms with Gasteiger partial charge in [0, 0.05) is 5.69 Å². The van der Waals surface area contributed by atoms with Crippen molar-refractivity contribution in [2.45, 2.75) is 26.1 Å². The zero-order valence-electron chi connectivity index (χ0n) is 12.3. The maximum absolute atomic E-state index is 12.6. The maximum Gasteiger partial charge on any atom is 0.416 e. The van der Waals surface area contributed by atoms with Crippen molar-refractivity contribution in [3.05, 3.63) is 29.8 Å². The van der Waals surface area contributed by atoms with Gasteiger partial charge in [0.1, 0.15) is 6.04 Å². The summed E-state index contributed by atoms with van der Waals surface area (Å²) < 4.78 is 42.3. The number of esters is 1. The van der Waals surface area contributed by atoms with Gasteiger partial charge in [-0.25, -0.2) is 9.59 Å². The Hall–Kier alpha value is -2.25. The van der Waals surface area contributed by atoms with Crippen LogP contribution in [0.2, 0.25) is 0 Å². The van der Waals surface area contributed by atoms with Gasteiger partial charge in [-0.15, -0.1) is 0 Å². The third kappa shape index (κ3) is 4.94. The second-order valence-corrected chi connectivity index (χ2v) is 4.92. The number of amides is 2. The lowest BCUT2D eigenvalue weighted by Gasteiger charge is -2.20. The third-order valence-electron chi connectivity index (χ3n) is 2.86. The molecule has 8 heteroatoms. The van der Waals surface area contributed by atoms with Crippen LogP contribution in [-0.4, -0.2) is 25.2 Å². The number of ether oxygens (including phenoxy) is 1. The number of benzene rings is 1. The minimum Gasteiger partial charge on any atom is -0.467 e. The number of carbonyl (C=O) groups is 2.